The maximum Gasteiger partial charge on any atom is 0.169 e. The zero-order valence-electron chi connectivity index (χ0n) is 19.0. The SMILES string of the molecule is CCCCCCC(C)(C)c1cc(O)c(C2C=C(C)CCC2C(C)(C)O)c(O)c1F. The van der Waals surface area contributed by atoms with Crippen molar-refractivity contribution in [1.82, 2.24) is 0 Å². The lowest BCUT2D eigenvalue weighted by atomic mass is 9.69. The number of benzene rings is 1. The summed E-state index contributed by atoms with van der Waals surface area (Å²) in [6, 6.07) is 1.49. The molecule has 1 aromatic carbocycles. The van der Waals surface area contributed by atoms with Crippen LogP contribution in [0.15, 0.2) is 17.7 Å². The van der Waals surface area contributed by atoms with E-state index in [0.29, 0.717) is 5.56 Å². The molecule has 0 spiro atoms. The lowest BCUT2D eigenvalue weighted by Gasteiger charge is -2.39. The summed E-state index contributed by atoms with van der Waals surface area (Å²) in [7, 11) is 0. The molecule has 0 aromatic heterocycles. The number of hydrogen-bond acceptors (Lipinski definition) is 3. The fraction of sp³-hybridized carbons (Fsp3) is 0.680. The number of rotatable bonds is 8. The Labute approximate surface area is 175 Å². The van der Waals surface area contributed by atoms with Crippen LogP contribution in [0.2, 0.25) is 0 Å². The van der Waals surface area contributed by atoms with E-state index in [2.05, 4.69) is 6.92 Å². The van der Waals surface area contributed by atoms with Crippen molar-refractivity contribution in [1.29, 1.82) is 0 Å². The molecule has 0 fully saturated rings. The van der Waals surface area contributed by atoms with Gasteiger partial charge in [0.1, 0.15) is 5.75 Å². The molecule has 164 valence electrons. The number of aliphatic hydroxyl groups is 1. The van der Waals surface area contributed by atoms with Gasteiger partial charge in [0.2, 0.25) is 0 Å². The smallest absolute Gasteiger partial charge is 0.169 e. The Bertz CT molecular complexity index is 743. The quantitative estimate of drug-likeness (QED) is 0.333. The summed E-state index contributed by atoms with van der Waals surface area (Å²) in [5.41, 5.74) is 0.173. The molecule has 2 atom stereocenters. The Hall–Kier alpha value is -1.55. The van der Waals surface area contributed by atoms with E-state index in [1.165, 1.54) is 6.07 Å². The third-order valence-corrected chi connectivity index (χ3v) is 6.63. The lowest BCUT2D eigenvalue weighted by molar-refractivity contribution is 0.00413. The van der Waals surface area contributed by atoms with E-state index in [0.717, 1.165) is 50.5 Å². The maximum atomic E-state index is 15.3. The predicted molar refractivity (Wildman–Crippen MR) is 117 cm³/mol. The van der Waals surface area contributed by atoms with Gasteiger partial charge in [-0.3, -0.25) is 0 Å². The topological polar surface area (TPSA) is 60.7 Å². The summed E-state index contributed by atoms with van der Waals surface area (Å²) < 4.78 is 15.3. The Morgan fingerprint density at radius 2 is 1.76 bits per heavy atom. The van der Waals surface area contributed by atoms with Crippen LogP contribution in [0.25, 0.3) is 0 Å². The van der Waals surface area contributed by atoms with Crippen molar-refractivity contribution >= 4 is 0 Å². The van der Waals surface area contributed by atoms with Crippen LogP contribution in [0, 0.1) is 11.7 Å². The van der Waals surface area contributed by atoms with Gasteiger partial charge in [-0.2, -0.15) is 0 Å². The van der Waals surface area contributed by atoms with Crippen LogP contribution in [0.4, 0.5) is 4.39 Å². The average Bonchev–Trinajstić information content (AvgIpc) is 2.61. The summed E-state index contributed by atoms with van der Waals surface area (Å²) in [5.74, 6) is -1.86. The van der Waals surface area contributed by atoms with Crippen molar-refractivity contribution in [3.05, 3.63) is 34.7 Å². The van der Waals surface area contributed by atoms with E-state index in [9.17, 15) is 15.3 Å². The molecular weight excluding hydrogens is 367 g/mol. The lowest BCUT2D eigenvalue weighted by Crippen LogP contribution is -2.36. The molecule has 3 nitrogen and oxygen atoms in total. The van der Waals surface area contributed by atoms with E-state index in [4.69, 9.17) is 0 Å². The van der Waals surface area contributed by atoms with E-state index >= 15 is 4.39 Å². The van der Waals surface area contributed by atoms with Gasteiger partial charge in [-0.15, -0.1) is 0 Å². The summed E-state index contributed by atoms with van der Waals surface area (Å²) in [5, 5.41) is 32.3. The molecular formula is C25H39FO3. The van der Waals surface area contributed by atoms with E-state index in [1.807, 2.05) is 26.8 Å². The number of unbranched alkanes of at least 4 members (excludes halogenated alkanes) is 3. The first-order chi connectivity index (χ1) is 13.4. The van der Waals surface area contributed by atoms with Gasteiger partial charge < -0.3 is 15.3 Å². The maximum absolute atomic E-state index is 15.3. The normalized spacial score (nSPS) is 20.6. The summed E-state index contributed by atoms with van der Waals surface area (Å²) in [4.78, 5) is 0. The first-order valence-electron chi connectivity index (χ1n) is 11.0. The molecule has 0 aliphatic heterocycles. The fourth-order valence-corrected chi connectivity index (χ4v) is 4.74. The molecule has 0 amide bonds. The van der Waals surface area contributed by atoms with Gasteiger partial charge in [-0.05, 0) is 57.4 Å². The van der Waals surface area contributed by atoms with Crippen LogP contribution in [0.3, 0.4) is 0 Å². The van der Waals surface area contributed by atoms with Gasteiger partial charge in [0.15, 0.2) is 11.6 Å². The second kappa shape index (κ2) is 9.07. The van der Waals surface area contributed by atoms with Crippen LogP contribution in [-0.2, 0) is 5.41 Å². The number of phenols is 2. The van der Waals surface area contributed by atoms with Gasteiger partial charge >= 0.3 is 0 Å². The minimum atomic E-state index is -1.01. The molecule has 0 saturated heterocycles. The van der Waals surface area contributed by atoms with Gasteiger partial charge in [0.25, 0.3) is 0 Å². The molecule has 1 aliphatic rings. The number of hydrogen-bond donors (Lipinski definition) is 3. The highest BCUT2D eigenvalue weighted by molar-refractivity contribution is 5.53. The standard InChI is InChI=1S/C25H39FO3/c1-7-8-9-10-13-24(3,4)19-15-20(27)21(23(28)22(19)26)17-14-16(2)11-12-18(17)25(5,6)29/h14-15,17-18,27-29H,7-13H2,1-6H3. The largest absolute Gasteiger partial charge is 0.507 e. The minimum absolute atomic E-state index is 0.0919. The highest BCUT2D eigenvalue weighted by atomic mass is 19.1. The third kappa shape index (κ3) is 5.33. The van der Waals surface area contributed by atoms with Crippen molar-refractivity contribution in [3.63, 3.8) is 0 Å². The van der Waals surface area contributed by atoms with Crippen molar-refractivity contribution in [2.45, 2.75) is 103 Å². The average molecular weight is 407 g/mol. The molecule has 2 unspecified atom stereocenters. The Morgan fingerprint density at radius 3 is 2.34 bits per heavy atom. The molecule has 29 heavy (non-hydrogen) atoms. The van der Waals surface area contributed by atoms with Crippen LogP contribution in [0.5, 0.6) is 11.5 Å². The van der Waals surface area contributed by atoms with Crippen molar-refractivity contribution in [3.8, 4) is 11.5 Å². The van der Waals surface area contributed by atoms with Gasteiger partial charge in [0, 0.05) is 17.0 Å². The third-order valence-electron chi connectivity index (χ3n) is 6.63. The first kappa shape index (κ1) is 23.7. The number of aromatic hydroxyl groups is 2. The minimum Gasteiger partial charge on any atom is -0.507 e. The van der Waals surface area contributed by atoms with Crippen molar-refractivity contribution < 1.29 is 19.7 Å². The fourth-order valence-electron chi connectivity index (χ4n) is 4.74. The van der Waals surface area contributed by atoms with Crippen LogP contribution < -0.4 is 0 Å². The zero-order chi connectivity index (χ0) is 22.0. The van der Waals surface area contributed by atoms with Gasteiger partial charge in [0.05, 0.1) is 5.60 Å². The molecule has 1 aromatic rings. The van der Waals surface area contributed by atoms with Crippen LogP contribution in [-0.4, -0.2) is 20.9 Å². The number of halogens is 1. The van der Waals surface area contributed by atoms with Crippen LogP contribution >= 0.6 is 0 Å². The Kier molecular flexibility index (Phi) is 7.42. The second-order valence-electron chi connectivity index (χ2n) is 10.1. The molecule has 0 radical (unpaired) electrons. The van der Waals surface area contributed by atoms with Crippen molar-refractivity contribution in [2.24, 2.45) is 5.92 Å². The molecule has 2 rings (SSSR count). The molecule has 1 aliphatic carbocycles. The predicted octanol–water partition coefficient (Wildman–Crippen LogP) is 6.70. The van der Waals surface area contributed by atoms with E-state index in [1.54, 1.807) is 13.8 Å². The summed E-state index contributed by atoms with van der Waals surface area (Å²) in [6.45, 7) is 11.5. The van der Waals surface area contributed by atoms with Crippen LogP contribution in [0.1, 0.15) is 104 Å². The number of phenolic OH excluding ortho intramolecular Hbond substituents is 2. The van der Waals surface area contributed by atoms with E-state index < -0.39 is 28.5 Å². The summed E-state index contributed by atoms with van der Waals surface area (Å²) >= 11 is 0. The summed E-state index contributed by atoms with van der Waals surface area (Å²) in [6.07, 6.45) is 8.68. The monoisotopic (exact) mass is 406 g/mol. The molecule has 4 heteroatoms. The van der Waals surface area contributed by atoms with Crippen molar-refractivity contribution in [2.75, 3.05) is 0 Å². The highest BCUT2D eigenvalue weighted by Gasteiger charge is 2.39. The molecule has 0 saturated carbocycles. The molecule has 3 N–H and O–H groups in total. The Balaban J connectivity index is 2.46. The zero-order valence-corrected chi connectivity index (χ0v) is 19.0. The van der Waals surface area contributed by atoms with E-state index in [-0.39, 0.29) is 17.2 Å². The van der Waals surface area contributed by atoms with Gasteiger partial charge in [-0.25, -0.2) is 4.39 Å². The molecule has 0 heterocycles. The first-order valence-corrected chi connectivity index (χ1v) is 11.0. The Morgan fingerprint density at radius 1 is 1.10 bits per heavy atom. The highest BCUT2D eigenvalue weighted by Crippen LogP contribution is 2.50. The number of allylic oxidation sites excluding steroid dienone is 2. The van der Waals surface area contributed by atoms with Gasteiger partial charge in [-0.1, -0.05) is 58.1 Å². The second-order valence-corrected chi connectivity index (χ2v) is 10.1. The molecule has 0 bridgehead atoms.